The van der Waals surface area contributed by atoms with E-state index in [1.165, 1.54) is 124 Å². The quantitative estimate of drug-likeness (QED) is 0.0183. The Balaban J connectivity index is 0. The first-order chi connectivity index (χ1) is 24.0. The third-order valence-corrected chi connectivity index (χ3v) is 8.65. The Bertz CT molecular complexity index is 1180. The Morgan fingerprint density at radius 1 is 0.600 bits per heavy atom. The number of rotatable bonds is 25. The van der Waals surface area contributed by atoms with Crippen LogP contribution in [0, 0.1) is 13.2 Å². The van der Waals surface area contributed by atoms with Crippen LogP contribution in [-0.2, 0) is 33.3 Å². The van der Waals surface area contributed by atoms with Gasteiger partial charge in [-0.05, 0) is 72.4 Å². The van der Waals surface area contributed by atoms with E-state index in [1.807, 2.05) is 0 Å². The molecule has 0 atom stereocenters. The van der Waals surface area contributed by atoms with Crippen LogP contribution in [0.3, 0.4) is 0 Å². The van der Waals surface area contributed by atoms with Gasteiger partial charge in [0.15, 0.2) is 0 Å². The summed E-state index contributed by atoms with van der Waals surface area (Å²) in [5.74, 6) is 2.80. The molecule has 0 fully saturated rings. The van der Waals surface area contributed by atoms with Gasteiger partial charge in [0.25, 0.3) is 0 Å². The molecule has 2 rings (SSSR count). The number of allylic oxidation sites excluding steroid dienone is 4. The topological polar surface area (TPSA) is 36.4 Å². The smallest absolute Gasteiger partial charge is 0.518 e. The average molecular weight is 772 g/mol. The molecule has 0 bridgehead atoms. The summed E-state index contributed by atoms with van der Waals surface area (Å²) in [5.41, 5.74) is 16.4. The van der Waals surface area contributed by atoms with E-state index in [0.29, 0.717) is 0 Å². The van der Waals surface area contributed by atoms with Gasteiger partial charge in [-0.2, -0.15) is 0 Å². The second-order valence-electron chi connectivity index (χ2n) is 13.2. The van der Waals surface area contributed by atoms with E-state index in [0.717, 1.165) is 50.5 Å². The predicted molar refractivity (Wildman–Crippen MR) is 218 cm³/mol. The van der Waals surface area contributed by atoms with Gasteiger partial charge in [0.1, 0.15) is 0 Å². The van der Waals surface area contributed by atoms with Gasteiger partial charge in [0, 0.05) is 0 Å². The molecular formula is C47H72N2Pd. The van der Waals surface area contributed by atoms with E-state index in [9.17, 15) is 0 Å². The first-order valence-corrected chi connectivity index (χ1v) is 20.0. The zero-order valence-corrected chi connectivity index (χ0v) is 34.3. The summed E-state index contributed by atoms with van der Waals surface area (Å²) in [7, 11) is 0. The standard InChI is InChI=1S/C29H38N2.2C9H17.Pd/c1-4-7-10-14-24-17-19-27(20-18-24)29(22-26(23-31-30)13-9-6-3)28-16-11-15-25(21-28)12-8-5-2;2*1-3-5-7-9-8-6-4-2;/h11,15-22H,4-10,12-14H2,1-3H3;2*1,3H,4-9H2,2H3;/q;2*-1;+2. The molecule has 0 aliphatic heterocycles. The molecule has 0 radical (unpaired) electrons. The fourth-order valence-electron chi connectivity index (χ4n) is 5.54. The second-order valence-corrected chi connectivity index (χ2v) is 13.2. The van der Waals surface area contributed by atoms with Crippen LogP contribution in [0.25, 0.3) is 11.1 Å². The molecule has 0 unspecified atom stereocenters. The van der Waals surface area contributed by atoms with Crippen molar-refractivity contribution in [2.45, 2.75) is 176 Å². The molecule has 280 valence electrons. The second kappa shape index (κ2) is 37.7. The largest absolute Gasteiger partial charge is 2.00 e. The maximum atomic E-state index is 9.13. The van der Waals surface area contributed by atoms with E-state index < -0.39 is 0 Å². The monoisotopic (exact) mass is 770 g/mol. The van der Waals surface area contributed by atoms with E-state index in [1.54, 1.807) is 12.2 Å². The molecule has 0 aliphatic rings. The van der Waals surface area contributed by atoms with Gasteiger partial charge < -0.3 is 18.7 Å². The Labute approximate surface area is 324 Å². The summed E-state index contributed by atoms with van der Waals surface area (Å²) in [4.78, 5) is 3.21. The third kappa shape index (κ3) is 27.2. The van der Waals surface area contributed by atoms with Gasteiger partial charge in [-0.3, -0.25) is 12.2 Å². The molecule has 2 nitrogen and oxygen atoms in total. The van der Waals surface area contributed by atoms with Crippen molar-refractivity contribution in [3.05, 3.63) is 113 Å². The molecule has 0 amide bonds. The van der Waals surface area contributed by atoms with E-state index in [4.69, 9.17) is 18.7 Å². The molecule has 2 aromatic carbocycles. The fraction of sp³-hybridized carbons (Fsp3) is 0.574. The molecule has 0 aromatic heterocycles. The Kier molecular flexibility index (Phi) is 37.4. The van der Waals surface area contributed by atoms with Crippen molar-refractivity contribution in [1.82, 2.24) is 0 Å². The molecule has 0 spiro atoms. The van der Waals surface area contributed by atoms with Crippen LogP contribution in [0.5, 0.6) is 0 Å². The zero-order valence-electron chi connectivity index (χ0n) is 32.8. The maximum absolute atomic E-state index is 9.13. The number of unbranched alkanes of at least 4 members (excludes halogenated alkanes) is 14. The predicted octanol–water partition coefficient (Wildman–Crippen LogP) is 14.9. The minimum absolute atomic E-state index is 0. The summed E-state index contributed by atoms with van der Waals surface area (Å²) < 4.78 is 0. The number of hydrogen-bond acceptors (Lipinski definition) is 0. The Morgan fingerprint density at radius 3 is 1.64 bits per heavy atom. The van der Waals surface area contributed by atoms with Gasteiger partial charge >= 0.3 is 26.3 Å². The minimum atomic E-state index is 0. The van der Waals surface area contributed by atoms with Crippen molar-refractivity contribution in [2.75, 3.05) is 0 Å². The van der Waals surface area contributed by atoms with Gasteiger partial charge in [0.2, 0.25) is 0 Å². The minimum Gasteiger partial charge on any atom is -0.518 e. The summed E-state index contributed by atoms with van der Waals surface area (Å²) in [5, 5.41) is 0. The van der Waals surface area contributed by atoms with Crippen molar-refractivity contribution in [3.63, 3.8) is 0 Å². The van der Waals surface area contributed by atoms with Crippen molar-refractivity contribution in [3.8, 4) is 0 Å². The number of aryl methyl sites for hydroxylation is 2. The van der Waals surface area contributed by atoms with Gasteiger partial charge in [-0.25, -0.2) is 0 Å². The molecule has 3 heteroatoms. The first-order valence-electron chi connectivity index (χ1n) is 20.0. The molecule has 2 aromatic rings. The SMILES string of the molecule is CCCCCc1ccc(C(=CC(=C=[N+]=[N-])CCCC)c2cccc(CCCC)c2)cc1.[CH-]=CCCCCCCC.[CH-]=CCCCCCCC.[Pd+2]. The fourth-order valence-corrected chi connectivity index (χ4v) is 5.54. The first kappa shape index (κ1) is 49.6. The van der Waals surface area contributed by atoms with Crippen LogP contribution in [0.2, 0.25) is 0 Å². The van der Waals surface area contributed by atoms with Crippen LogP contribution < -0.4 is 0 Å². The van der Waals surface area contributed by atoms with Gasteiger partial charge in [-0.1, -0.05) is 186 Å². The van der Waals surface area contributed by atoms with E-state index in [2.05, 4.69) is 99.9 Å². The summed E-state index contributed by atoms with van der Waals surface area (Å²) in [6.45, 7) is 21.5. The van der Waals surface area contributed by atoms with Crippen LogP contribution in [-0.4, -0.2) is 10.7 Å². The van der Waals surface area contributed by atoms with Crippen molar-refractivity contribution >= 4 is 11.4 Å². The molecule has 0 saturated heterocycles. The maximum Gasteiger partial charge on any atom is 2.00 e. The average Bonchev–Trinajstić information content (AvgIpc) is 3.13. The zero-order chi connectivity index (χ0) is 36.2. The summed E-state index contributed by atoms with van der Waals surface area (Å²) in [6, 6.07) is 17.9. The molecular weight excluding hydrogens is 699 g/mol. The van der Waals surface area contributed by atoms with Crippen LogP contribution in [0.15, 0.2) is 72.3 Å². The molecule has 0 N–H and O–H groups in total. The number of benzene rings is 2. The summed E-state index contributed by atoms with van der Waals surface area (Å²) in [6.07, 6.45) is 32.7. The third-order valence-electron chi connectivity index (χ3n) is 8.65. The van der Waals surface area contributed by atoms with Crippen LogP contribution in [0.4, 0.5) is 0 Å². The molecule has 50 heavy (non-hydrogen) atoms. The Morgan fingerprint density at radius 2 is 1.12 bits per heavy atom. The van der Waals surface area contributed by atoms with Crippen molar-refractivity contribution < 1.29 is 25.2 Å². The number of nitrogens with zero attached hydrogens (tertiary/aromatic N) is 2. The van der Waals surface area contributed by atoms with E-state index in [-0.39, 0.29) is 20.4 Å². The van der Waals surface area contributed by atoms with Gasteiger partial charge in [0.05, 0.1) is 5.57 Å². The van der Waals surface area contributed by atoms with Crippen LogP contribution >= 0.6 is 0 Å². The summed E-state index contributed by atoms with van der Waals surface area (Å²) >= 11 is 0. The van der Waals surface area contributed by atoms with Crippen molar-refractivity contribution in [1.29, 1.82) is 0 Å². The normalized spacial score (nSPS) is 10.3. The van der Waals surface area contributed by atoms with E-state index >= 15 is 0 Å². The van der Waals surface area contributed by atoms with Crippen molar-refractivity contribution in [2.24, 2.45) is 0 Å². The molecule has 0 saturated carbocycles. The molecule has 0 aliphatic carbocycles. The molecule has 0 heterocycles. The Hall–Kier alpha value is -2.52. The van der Waals surface area contributed by atoms with Gasteiger partial charge in [-0.15, -0.1) is 4.79 Å². The van der Waals surface area contributed by atoms with Crippen LogP contribution in [0.1, 0.15) is 185 Å². The number of hydrogen-bond donors (Lipinski definition) is 0.